The van der Waals surface area contributed by atoms with Gasteiger partial charge in [0.15, 0.2) is 16.8 Å². The van der Waals surface area contributed by atoms with Crippen molar-refractivity contribution in [2.75, 3.05) is 0 Å². The van der Waals surface area contributed by atoms with Crippen molar-refractivity contribution in [2.24, 2.45) is 0 Å². The number of nitrogens with zero attached hydrogens (tertiary/aromatic N) is 3. The fourth-order valence-corrected chi connectivity index (χ4v) is 2.56. The van der Waals surface area contributed by atoms with Crippen LogP contribution in [-0.2, 0) is 17.6 Å². The molecule has 18 heavy (non-hydrogen) atoms. The monoisotopic (exact) mass is 263 g/mol. The van der Waals surface area contributed by atoms with Crippen molar-refractivity contribution in [3.8, 4) is 0 Å². The molecule has 0 aliphatic heterocycles. The predicted octanol–water partition coefficient (Wildman–Crippen LogP) is 1.22. The number of aliphatic hydroxyl groups is 1. The van der Waals surface area contributed by atoms with Crippen LogP contribution in [0.2, 0.25) is 0 Å². The Morgan fingerprint density at radius 1 is 1.33 bits per heavy atom. The summed E-state index contributed by atoms with van der Waals surface area (Å²) in [5.41, 5.74) is 0.799. The van der Waals surface area contributed by atoms with Gasteiger partial charge in [0, 0.05) is 5.92 Å². The maximum atomic E-state index is 12.2. The van der Waals surface area contributed by atoms with Gasteiger partial charge in [0.2, 0.25) is 0 Å². The van der Waals surface area contributed by atoms with E-state index in [0.717, 1.165) is 24.2 Å². The molecular formula is C12H13N3O2S. The highest BCUT2D eigenvalue weighted by Gasteiger charge is 2.28. The first-order chi connectivity index (χ1) is 8.78. The van der Waals surface area contributed by atoms with Crippen LogP contribution in [-0.4, -0.2) is 23.5 Å². The zero-order valence-corrected chi connectivity index (χ0v) is 10.5. The van der Waals surface area contributed by atoms with Crippen LogP contribution in [0.25, 0.3) is 0 Å². The van der Waals surface area contributed by atoms with E-state index in [-0.39, 0.29) is 6.61 Å². The first kappa shape index (κ1) is 11.6. The predicted molar refractivity (Wildman–Crippen MR) is 66.2 cm³/mol. The Morgan fingerprint density at radius 3 is 2.67 bits per heavy atom. The second-order valence-corrected chi connectivity index (χ2v) is 5.67. The van der Waals surface area contributed by atoms with Crippen LogP contribution >= 0.6 is 0 Å². The van der Waals surface area contributed by atoms with Crippen molar-refractivity contribution in [3.05, 3.63) is 42.0 Å². The molecule has 0 amide bonds. The average Bonchev–Trinajstić information content (AvgIpc) is 3.16. The van der Waals surface area contributed by atoms with Gasteiger partial charge in [-0.15, -0.1) is 5.10 Å². The lowest BCUT2D eigenvalue weighted by molar-refractivity contribution is 0.282. The molecule has 1 atom stereocenters. The van der Waals surface area contributed by atoms with E-state index in [1.165, 1.54) is 10.4 Å². The summed E-state index contributed by atoms with van der Waals surface area (Å²) in [5, 5.41) is 13.2. The lowest BCUT2D eigenvalue weighted by Crippen LogP contribution is -2.06. The summed E-state index contributed by atoms with van der Waals surface area (Å²) in [7, 11) is -1.36. The summed E-state index contributed by atoms with van der Waals surface area (Å²) in [6.07, 6.45) is 3.77. The van der Waals surface area contributed by atoms with Crippen molar-refractivity contribution in [2.45, 2.75) is 30.3 Å². The molecule has 0 bridgehead atoms. The van der Waals surface area contributed by atoms with Crippen molar-refractivity contribution < 1.29 is 9.32 Å². The third-order valence-electron chi connectivity index (χ3n) is 2.91. The fraction of sp³-hybridized carbons (Fsp3) is 0.333. The topological polar surface area (TPSA) is 68.0 Å². The molecule has 3 rings (SSSR count). The van der Waals surface area contributed by atoms with E-state index in [1.807, 2.05) is 0 Å². The van der Waals surface area contributed by atoms with E-state index in [4.69, 9.17) is 5.11 Å². The SMILES string of the molecule is O=S(c1ccc(CO)cc1)n1cnc(C2CC2)n1. The molecular weight excluding hydrogens is 250 g/mol. The minimum atomic E-state index is -1.36. The number of aliphatic hydroxyl groups excluding tert-OH is 1. The zero-order valence-electron chi connectivity index (χ0n) is 9.69. The molecule has 5 nitrogen and oxygen atoms in total. The maximum absolute atomic E-state index is 12.2. The number of hydrogen-bond acceptors (Lipinski definition) is 4. The molecule has 1 saturated carbocycles. The van der Waals surface area contributed by atoms with Crippen LogP contribution in [0.5, 0.6) is 0 Å². The molecule has 2 aromatic rings. The van der Waals surface area contributed by atoms with E-state index >= 15 is 0 Å². The van der Waals surface area contributed by atoms with Crippen LogP contribution in [0.3, 0.4) is 0 Å². The normalized spacial score (nSPS) is 16.7. The first-order valence-corrected chi connectivity index (χ1v) is 6.92. The number of hydrogen-bond donors (Lipinski definition) is 1. The van der Waals surface area contributed by atoms with Crippen molar-refractivity contribution in [1.29, 1.82) is 0 Å². The molecule has 1 aromatic heterocycles. The van der Waals surface area contributed by atoms with Crippen LogP contribution in [0.4, 0.5) is 0 Å². The summed E-state index contributed by atoms with van der Waals surface area (Å²) in [4.78, 5) is 4.83. The Bertz CT molecular complexity index is 575. The minimum absolute atomic E-state index is 0.0118. The molecule has 0 spiro atoms. The largest absolute Gasteiger partial charge is 0.392 e. The molecule has 1 unspecified atom stereocenters. The van der Waals surface area contributed by atoms with Gasteiger partial charge >= 0.3 is 0 Å². The Morgan fingerprint density at radius 2 is 2.06 bits per heavy atom. The smallest absolute Gasteiger partial charge is 0.174 e. The lowest BCUT2D eigenvalue weighted by atomic mass is 10.2. The summed E-state index contributed by atoms with van der Waals surface area (Å²) >= 11 is 0. The van der Waals surface area contributed by atoms with Gasteiger partial charge in [-0.1, -0.05) is 12.1 Å². The Hall–Kier alpha value is -1.53. The van der Waals surface area contributed by atoms with Gasteiger partial charge in [0.05, 0.1) is 11.5 Å². The molecule has 1 aliphatic rings. The highest BCUT2D eigenvalue weighted by molar-refractivity contribution is 7.83. The Labute approximate surface area is 107 Å². The molecule has 1 N–H and O–H groups in total. The van der Waals surface area contributed by atoms with Gasteiger partial charge in [0.1, 0.15) is 6.33 Å². The van der Waals surface area contributed by atoms with E-state index in [1.54, 1.807) is 24.3 Å². The van der Waals surface area contributed by atoms with Crippen LogP contribution in [0.1, 0.15) is 30.1 Å². The molecule has 94 valence electrons. The third-order valence-corrected chi connectivity index (χ3v) is 4.10. The van der Waals surface area contributed by atoms with Gasteiger partial charge in [0.25, 0.3) is 0 Å². The molecule has 1 heterocycles. The van der Waals surface area contributed by atoms with Crippen LogP contribution < -0.4 is 0 Å². The third kappa shape index (κ3) is 2.21. The van der Waals surface area contributed by atoms with Crippen molar-refractivity contribution in [1.82, 2.24) is 14.2 Å². The molecule has 1 aliphatic carbocycles. The van der Waals surface area contributed by atoms with Gasteiger partial charge in [-0.05, 0) is 30.5 Å². The van der Waals surface area contributed by atoms with E-state index in [9.17, 15) is 4.21 Å². The van der Waals surface area contributed by atoms with Crippen LogP contribution in [0.15, 0.2) is 35.5 Å². The fourth-order valence-electron chi connectivity index (χ4n) is 1.69. The summed E-state index contributed by atoms with van der Waals surface area (Å²) in [6.45, 7) is -0.0118. The molecule has 6 heteroatoms. The number of benzene rings is 1. The van der Waals surface area contributed by atoms with Crippen molar-refractivity contribution >= 4 is 11.0 Å². The lowest BCUT2D eigenvalue weighted by Gasteiger charge is -2.02. The van der Waals surface area contributed by atoms with E-state index in [0.29, 0.717) is 10.8 Å². The molecule has 1 aromatic carbocycles. The first-order valence-electron chi connectivity index (χ1n) is 5.81. The second-order valence-electron chi connectivity index (χ2n) is 4.33. The number of rotatable bonds is 4. The van der Waals surface area contributed by atoms with E-state index in [2.05, 4.69) is 10.1 Å². The van der Waals surface area contributed by atoms with Crippen LogP contribution in [0, 0.1) is 0 Å². The summed E-state index contributed by atoms with van der Waals surface area (Å²) in [5.74, 6) is 1.25. The highest BCUT2D eigenvalue weighted by atomic mass is 32.2. The van der Waals surface area contributed by atoms with Crippen molar-refractivity contribution in [3.63, 3.8) is 0 Å². The standard InChI is InChI=1S/C12H13N3O2S/c16-7-9-1-5-11(6-2-9)18(17)15-8-13-12(14-15)10-3-4-10/h1-2,5-6,8,10,16H,3-4,7H2. The quantitative estimate of drug-likeness (QED) is 0.900. The van der Waals surface area contributed by atoms with Gasteiger partial charge in [-0.25, -0.2) is 9.19 Å². The highest BCUT2D eigenvalue weighted by Crippen LogP contribution is 2.37. The van der Waals surface area contributed by atoms with Gasteiger partial charge < -0.3 is 5.11 Å². The molecule has 0 saturated heterocycles. The van der Waals surface area contributed by atoms with Gasteiger partial charge in [-0.3, -0.25) is 0 Å². The Balaban J connectivity index is 1.83. The molecule has 0 radical (unpaired) electrons. The Kier molecular flexibility index (Phi) is 2.97. The summed E-state index contributed by atoms with van der Waals surface area (Å²) in [6, 6.07) is 6.98. The van der Waals surface area contributed by atoms with Gasteiger partial charge in [-0.2, -0.15) is 4.09 Å². The number of aromatic nitrogens is 3. The summed E-state index contributed by atoms with van der Waals surface area (Å²) < 4.78 is 13.6. The maximum Gasteiger partial charge on any atom is 0.174 e. The zero-order chi connectivity index (χ0) is 12.5. The average molecular weight is 263 g/mol. The minimum Gasteiger partial charge on any atom is -0.392 e. The second kappa shape index (κ2) is 4.62. The van der Waals surface area contributed by atoms with E-state index < -0.39 is 11.0 Å². The molecule has 1 fully saturated rings.